The average molecular weight is 233 g/mol. The topological polar surface area (TPSA) is 18.5 Å². The maximum Gasteiger partial charge on any atom is 0.0819 e. The number of rotatable bonds is 3. The molecule has 0 radical (unpaired) electrons. The van der Waals surface area contributed by atoms with Gasteiger partial charge in [-0.1, -0.05) is 0 Å². The predicted molar refractivity (Wildman–Crippen MR) is 61.4 cm³/mol. The van der Waals surface area contributed by atoms with Crippen molar-refractivity contribution in [3.8, 4) is 0 Å². The zero-order valence-electron chi connectivity index (χ0n) is 9.34. The summed E-state index contributed by atoms with van der Waals surface area (Å²) in [5.41, 5.74) is -0.0121. The molecule has 0 bridgehead atoms. The number of ether oxygens (including phenoxy) is 2. The van der Waals surface area contributed by atoms with E-state index in [2.05, 4.69) is 0 Å². The zero-order chi connectivity index (χ0) is 10.6. The third-order valence-corrected chi connectivity index (χ3v) is 4.17. The molecule has 0 spiro atoms. The van der Waals surface area contributed by atoms with Gasteiger partial charge in [-0.25, -0.2) is 0 Å². The fourth-order valence-corrected chi connectivity index (χ4v) is 3.03. The van der Waals surface area contributed by atoms with Crippen molar-refractivity contribution in [3.63, 3.8) is 0 Å². The van der Waals surface area contributed by atoms with Gasteiger partial charge < -0.3 is 9.47 Å². The summed E-state index contributed by atoms with van der Waals surface area (Å²) in [6.07, 6.45) is 7.13. The van der Waals surface area contributed by atoms with E-state index in [-0.39, 0.29) is 5.60 Å². The highest BCUT2D eigenvalue weighted by atomic mass is 35.5. The molecule has 2 saturated heterocycles. The minimum atomic E-state index is -0.0121. The SMILES string of the molecule is ClCC1(CC2CCOCC2)CCCCO1. The Balaban J connectivity index is 1.87. The molecular weight excluding hydrogens is 212 g/mol. The van der Waals surface area contributed by atoms with Crippen LogP contribution in [0.2, 0.25) is 0 Å². The van der Waals surface area contributed by atoms with Crippen LogP contribution in [-0.4, -0.2) is 31.3 Å². The molecule has 2 rings (SSSR count). The highest BCUT2D eigenvalue weighted by molar-refractivity contribution is 6.18. The monoisotopic (exact) mass is 232 g/mol. The van der Waals surface area contributed by atoms with Crippen LogP contribution < -0.4 is 0 Å². The van der Waals surface area contributed by atoms with Gasteiger partial charge in [-0.15, -0.1) is 11.6 Å². The third kappa shape index (κ3) is 3.08. The molecule has 2 aliphatic rings. The van der Waals surface area contributed by atoms with Crippen LogP contribution in [0.3, 0.4) is 0 Å². The van der Waals surface area contributed by atoms with Crippen molar-refractivity contribution in [2.24, 2.45) is 5.92 Å². The lowest BCUT2D eigenvalue weighted by Crippen LogP contribution is -2.41. The van der Waals surface area contributed by atoms with Gasteiger partial charge in [0.25, 0.3) is 0 Å². The zero-order valence-corrected chi connectivity index (χ0v) is 10.1. The molecule has 2 nitrogen and oxygen atoms in total. The van der Waals surface area contributed by atoms with Crippen molar-refractivity contribution < 1.29 is 9.47 Å². The minimum absolute atomic E-state index is 0.0121. The maximum absolute atomic E-state index is 6.10. The summed E-state index contributed by atoms with van der Waals surface area (Å²) in [7, 11) is 0. The molecule has 2 fully saturated rings. The second-order valence-electron chi connectivity index (χ2n) is 4.88. The summed E-state index contributed by atoms with van der Waals surface area (Å²) in [5.74, 6) is 1.42. The van der Waals surface area contributed by atoms with Crippen LogP contribution in [0.4, 0.5) is 0 Å². The standard InChI is InChI=1S/C12H21ClO2/c13-10-12(5-1-2-6-15-12)9-11-3-7-14-8-4-11/h11H,1-10H2. The normalized spacial score (nSPS) is 34.2. The van der Waals surface area contributed by atoms with Gasteiger partial charge in [0.1, 0.15) is 0 Å². The third-order valence-electron chi connectivity index (χ3n) is 3.68. The first-order chi connectivity index (χ1) is 7.35. The van der Waals surface area contributed by atoms with E-state index >= 15 is 0 Å². The molecule has 1 unspecified atom stereocenters. The van der Waals surface area contributed by atoms with E-state index in [0.29, 0.717) is 5.88 Å². The Labute approximate surface area is 97.3 Å². The molecule has 0 aliphatic carbocycles. The van der Waals surface area contributed by atoms with E-state index in [4.69, 9.17) is 21.1 Å². The summed E-state index contributed by atoms with van der Waals surface area (Å²) < 4.78 is 11.3. The van der Waals surface area contributed by atoms with Gasteiger partial charge in [0, 0.05) is 19.8 Å². The lowest BCUT2D eigenvalue weighted by molar-refractivity contribution is -0.0845. The van der Waals surface area contributed by atoms with Gasteiger partial charge in [-0.3, -0.25) is 0 Å². The van der Waals surface area contributed by atoms with Crippen LogP contribution in [-0.2, 0) is 9.47 Å². The molecule has 2 heterocycles. The summed E-state index contributed by atoms with van der Waals surface area (Å²) in [6.45, 7) is 2.74. The van der Waals surface area contributed by atoms with Crippen molar-refractivity contribution in [1.29, 1.82) is 0 Å². The molecule has 15 heavy (non-hydrogen) atoms. The molecule has 0 aromatic rings. The molecule has 0 N–H and O–H groups in total. The van der Waals surface area contributed by atoms with E-state index < -0.39 is 0 Å². The van der Waals surface area contributed by atoms with Gasteiger partial charge in [0.2, 0.25) is 0 Å². The molecule has 3 heteroatoms. The molecule has 0 aromatic carbocycles. The Morgan fingerprint density at radius 1 is 1.13 bits per heavy atom. The lowest BCUT2D eigenvalue weighted by Gasteiger charge is -2.39. The average Bonchev–Trinajstić information content (AvgIpc) is 2.32. The van der Waals surface area contributed by atoms with Crippen molar-refractivity contribution in [2.45, 2.75) is 44.1 Å². The molecule has 0 saturated carbocycles. The first-order valence-electron chi connectivity index (χ1n) is 6.12. The lowest BCUT2D eigenvalue weighted by atomic mass is 9.83. The van der Waals surface area contributed by atoms with Crippen LogP contribution in [0.5, 0.6) is 0 Å². The van der Waals surface area contributed by atoms with Gasteiger partial charge in [0.05, 0.1) is 11.5 Å². The number of halogens is 1. The van der Waals surface area contributed by atoms with E-state index in [9.17, 15) is 0 Å². The number of hydrogen-bond donors (Lipinski definition) is 0. The minimum Gasteiger partial charge on any atom is -0.381 e. The van der Waals surface area contributed by atoms with Gasteiger partial charge in [-0.05, 0) is 44.4 Å². The quantitative estimate of drug-likeness (QED) is 0.697. The maximum atomic E-state index is 6.10. The fourth-order valence-electron chi connectivity index (χ4n) is 2.71. The molecule has 0 aromatic heterocycles. The van der Waals surface area contributed by atoms with E-state index in [1.165, 1.54) is 25.7 Å². The van der Waals surface area contributed by atoms with Gasteiger partial charge in [-0.2, -0.15) is 0 Å². The van der Waals surface area contributed by atoms with Crippen LogP contribution >= 0.6 is 11.6 Å². The Kier molecular flexibility index (Phi) is 4.30. The van der Waals surface area contributed by atoms with Crippen molar-refractivity contribution in [2.75, 3.05) is 25.7 Å². The highest BCUT2D eigenvalue weighted by Crippen LogP contribution is 2.35. The summed E-state index contributed by atoms with van der Waals surface area (Å²) in [6, 6.07) is 0. The molecule has 1 atom stereocenters. The fraction of sp³-hybridized carbons (Fsp3) is 1.00. The Bertz CT molecular complexity index is 184. The highest BCUT2D eigenvalue weighted by Gasteiger charge is 2.35. The van der Waals surface area contributed by atoms with E-state index in [1.54, 1.807) is 0 Å². The Hall–Kier alpha value is 0.210. The predicted octanol–water partition coefficient (Wildman–Crippen LogP) is 2.98. The first kappa shape index (κ1) is 11.7. The van der Waals surface area contributed by atoms with Crippen LogP contribution in [0.25, 0.3) is 0 Å². The van der Waals surface area contributed by atoms with Crippen LogP contribution in [0.1, 0.15) is 38.5 Å². The molecule has 88 valence electrons. The van der Waals surface area contributed by atoms with E-state index in [1.807, 2.05) is 0 Å². The van der Waals surface area contributed by atoms with Crippen molar-refractivity contribution in [3.05, 3.63) is 0 Å². The van der Waals surface area contributed by atoms with Crippen LogP contribution in [0, 0.1) is 5.92 Å². The second-order valence-corrected chi connectivity index (χ2v) is 5.15. The van der Waals surface area contributed by atoms with E-state index in [0.717, 1.165) is 38.6 Å². The molecule has 0 amide bonds. The van der Waals surface area contributed by atoms with Crippen LogP contribution in [0.15, 0.2) is 0 Å². The summed E-state index contributed by atoms with van der Waals surface area (Å²) in [4.78, 5) is 0. The number of alkyl halides is 1. The summed E-state index contributed by atoms with van der Waals surface area (Å²) >= 11 is 6.10. The molecular formula is C12H21ClO2. The number of hydrogen-bond acceptors (Lipinski definition) is 2. The Morgan fingerprint density at radius 2 is 1.93 bits per heavy atom. The smallest absolute Gasteiger partial charge is 0.0819 e. The second kappa shape index (κ2) is 5.51. The van der Waals surface area contributed by atoms with Crippen molar-refractivity contribution >= 4 is 11.6 Å². The Morgan fingerprint density at radius 3 is 2.53 bits per heavy atom. The molecule has 2 aliphatic heterocycles. The largest absolute Gasteiger partial charge is 0.381 e. The van der Waals surface area contributed by atoms with Crippen molar-refractivity contribution in [1.82, 2.24) is 0 Å². The van der Waals surface area contributed by atoms with Gasteiger partial charge in [0.15, 0.2) is 0 Å². The summed E-state index contributed by atoms with van der Waals surface area (Å²) in [5, 5.41) is 0. The first-order valence-corrected chi connectivity index (χ1v) is 6.66. The van der Waals surface area contributed by atoms with Gasteiger partial charge >= 0.3 is 0 Å².